The van der Waals surface area contributed by atoms with Gasteiger partial charge < -0.3 is 4.42 Å². The Hall–Kier alpha value is -3.46. The van der Waals surface area contributed by atoms with Crippen LogP contribution in [0.3, 0.4) is 0 Å². The van der Waals surface area contributed by atoms with Gasteiger partial charge in [0.1, 0.15) is 24.0 Å². The molecule has 0 aliphatic heterocycles. The SMILES string of the molecule is Cc1cccc(-c2c(F)ccc3c2oc2c(-c4cc(C(C)C)cc[n+]4C)c(C)ccc23)c1. The summed E-state index contributed by atoms with van der Waals surface area (Å²) in [5.41, 5.74) is 8.39. The summed E-state index contributed by atoms with van der Waals surface area (Å²) in [6.45, 7) is 8.52. The molecule has 2 aromatic heterocycles. The molecule has 0 aliphatic rings. The van der Waals surface area contributed by atoms with E-state index in [1.54, 1.807) is 6.07 Å². The van der Waals surface area contributed by atoms with Crippen LogP contribution in [0.4, 0.5) is 4.39 Å². The fourth-order valence-corrected chi connectivity index (χ4v) is 4.56. The van der Waals surface area contributed by atoms with Gasteiger partial charge in [-0.25, -0.2) is 8.96 Å². The summed E-state index contributed by atoms with van der Waals surface area (Å²) in [5.74, 6) is 0.153. The van der Waals surface area contributed by atoms with Gasteiger partial charge in [-0.15, -0.1) is 0 Å². The highest BCUT2D eigenvalue weighted by Gasteiger charge is 2.23. The second-order valence-electron chi connectivity index (χ2n) is 9.02. The predicted octanol–water partition coefficient (Wildman–Crippen LogP) is 7.62. The third kappa shape index (κ3) is 3.20. The first kappa shape index (κ1) is 20.4. The highest BCUT2D eigenvalue weighted by molar-refractivity contribution is 6.13. The maximum atomic E-state index is 15.1. The van der Waals surface area contributed by atoms with E-state index < -0.39 is 0 Å². The first-order valence-corrected chi connectivity index (χ1v) is 11.1. The maximum absolute atomic E-state index is 15.1. The Labute approximate surface area is 187 Å². The molecule has 0 radical (unpaired) electrons. The third-order valence-corrected chi connectivity index (χ3v) is 6.37. The number of pyridine rings is 1. The van der Waals surface area contributed by atoms with Crippen LogP contribution >= 0.6 is 0 Å². The molecule has 0 aliphatic carbocycles. The lowest BCUT2D eigenvalue weighted by Crippen LogP contribution is -2.31. The minimum absolute atomic E-state index is 0.271. The Bertz CT molecular complexity index is 1490. The zero-order valence-corrected chi connectivity index (χ0v) is 19.2. The number of aromatic nitrogens is 1. The third-order valence-electron chi connectivity index (χ3n) is 6.37. The van der Waals surface area contributed by atoms with Gasteiger partial charge in [0, 0.05) is 22.9 Å². The molecular formula is C29H27FNO+. The first-order chi connectivity index (χ1) is 15.3. The van der Waals surface area contributed by atoms with Gasteiger partial charge in [0.25, 0.3) is 0 Å². The van der Waals surface area contributed by atoms with E-state index in [0.29, 0.717) is 17.1 Å². The van der Waals surface area contributed by atoms with E-state index in [-0.39, 0.29) is 5.82 Å². The molecule has 3 aromatic carbocycles. The van der Waals surface area contributed by atoms with E-state index in [1.807, 2.05) is 37.3 Å². The smallest absolute Gasteiger partial charge is 0.216 e. The van der Waals surface area contributed by atoms with E-state index in [4.69, 9.17) is 4.42 Å². The highest BCUT2D eigenvalue weighted by atomic mass is 19.1. The van der Waals surface area contributed by atoms with Crippen molar-refractivity contribution < 1.29 is 13.4 Å². The molecule has 0 spiro atoms. The fourth-order valence-electron chi connectivity index (χ4n) is 4.56. The van der Waals surface area contributed by atoms with Crippen molar-refractivity contribution in [1.82, 2.24) is 0 Å². The number of fused-ring (bicyclic) bond motifs is 3. The van der Waals surface area contributed by atoms with Crippen LogP contribution in [-0.2, 0) is 7.05 Å². The molecule has 3 heteroatoms. The van der Waals surface area contributed by atoms with Gasteiger partial charge >= 0.3 is 0 Å². The summed E-state index contributed by atoms with van der Waals surface area (Å²) in [5, 5.41) is 1.94. The normalized spacial score (nSPS) is 11.7. The average molecular weight is 425 g/mol. The molecule has 0 unspecified atom stereocenters. The quantitative estimate of drug-likeness (QED) is 0.272. The summed E-state index contributed by atoms with van der Waals surface area (Å²) < 4.78 is 23.8. The lowest BCUT2D eigenvalue weighted by Gasteiger charge is -2.09. The van der Waals surface area contributed by atoms with E-state index in [0.717, 1.165) is 44.3 Å². The van der Waals surface area contributed by atoms with Crippen molar-refractivity contribution in [1.29, 1.82) is 0 Å². The van der Waals surface area contributed by atoms with Crippen molar-refractivity contribution in [2.24, 2.45) is 7.05 Å². The first-order valence-electron chi connectivity index (χ1n) is 11.1. The summed E-state index contributed by atoms with van der Waals surface area (Å²) in [7, 11) is 2.05. The molecule has 0 amide bonds. The number of nitrogens with zero attached hydrogens (tertiary/aromatic N) is 1. The second-order valence-corrected chi connectivity index (χ2v) is 9.02. The monoisotopic (exact) mass is 424 g/mol. The number of aryl methyl sites for hydroxylation is 3. The summed E-state index contributed by atoms with van der Waals surface area (Å²) in [6, 6.07) is 19.9. The van der Waals surface area contributed by atoms with Crippen LogP contribution < -0.4 is 4.57 Å². The lowest BCUT2D eigenvalue weighted by atomic mass is 9.96. The molecule has 0 N–H and O–H groups in total. The number of furan rings is 1. The van der Waals surface area contributed by atoms with Gasteiger partial charge in [-0.05, 0) is 48.6 Å². The molecule has 0 bridgehead atoms. The van der Waals surface area contributed by atoms with Gasteiger partial charge in [0.2, 0.25) is 5.69 Å². The van der Waals surface area contributed by atoms with E-state index in [1.165, 1.54) is 5.56 Å². The Balaban J connectivity index is 1.87. The molecule has 2 nitrogen and oxygen atoms in total. The standard InChI is InChI=1S/C29H27FNO/c1-17(2)20-13-14-31(5)25(16-20)26-19(4)9-10-22-23-11-12-24(30)27(29(23)32-28(22)26)21-8-6-7-18(3)15-21/h6-17H,1-5H3/q+1. The Morgan fingerprint density at radius 3 is 2.28 bits per heavy atom. The van der Waals surface area contributed by atoms with Crippen LogP contribution in [0.5, 0.6) is 0 Å². The van der Waals surface area contributed by atoms with Crippen molar-refractivity contribution in [2.45, 2.75) is 33.6 Å². The fraction of sp³-hybridized carbons (Fsp3) is 0.207. The molecule has 5 rings (SSSR count). The Morgan fingerprint density at radius 2 is 1.56 bits per heavy atom. The van der Waals surface area contributed by atoms with Gasteiger partial charge in [-0.1, -0.05) is 55.8 Å². The number of halogens is 1. The maximum Gasteiger partial charge on any atom is 0.216 e. The highest BCUT2D eigenvalue weighted by Crippen LogP contribution is 2.41. The second kappa shape index (κ2) is 7.59. The molecule has 0 fully saturated rings. The number of benzene rings is 3. The zero-order chi connectivity index (χ0) is 22.6. The molecule has 0 atom stereocenters. The average Bonchev–Trinajstić information content (AvgIpc) is 3.12. The van der Waals surface area contributed by atoms with Crippen LogP contribution in [-0.4, -0.2) is 0 Å². The van der Waals surface area contributed by atoms with E-state index >= 15 is 4.39 Å². The Morgan fingerprint density at radius 1 is 0.844 bits per heavy atom. The van der Waals surface area contributed by atoms with Gasteiger partial charge in [-0.2, -0.15) is 0 Å². The minimum Gasteiger partial charge on any atom is -0.454 e. The van der Waals surface area contributed by atoms with Crippen molar-refractivity contribution in [2.75, 3.05) is 0 Å². The van der Waals surface area contributed by atoms with Crippen LogP contribution in [0.1, 0.15) is 36.5 Å². The molecule has 2 heterocycles. The summed E-state index contributed by atoms with van der Waals surface area (Å²) >= 11 is 0. The number of rotatable bonds is 3. The Kier molecular flexibility index (Phi) is 4.85. The van der Waals surface area contributed by atoms with Crippen LogP contribution in [0, 0.1) is 19.7 Å². The van der Waals surface area contributed by atoms with Crippen molar-refractivity contribution in [3.63, 3.8) is 0 Å². The van der Waals surface area contributed by atoms with Crippen molar-refractivity contribution in [3.8, 4) is 22.4 Å². The van der Waals surface area contributed by atoms with E-state index in [9.17, 15) is 0 Å². The largest absolute Gasteiger partial charge is 0.454 e. The molecule has 0 saturated carbocycles. The van der Waals surface area contributed by atoms with Crippen LogP contribution in [0.2, 0.25) is 0 Å². The summed E-state index contributed by atoms with van der Waals surface area (Å²) in [4.78, 5) is 0. The zero-order valence-electron chi connectivity index (χ0n) is 19.2. The van der Waals surface area contributed by atoms with Crippen LogP contribution in [0.15, 0.2) is 71.3 Å². The molecule has 0 saturated heterocycles. The predicted molar refractivity (Wildman–Crippen MR) is 129 cm³/mol. The van der Waals surface area contributed by atoms with Crippen LogP contribution in [0.25, 0.3) is 44.3 Å². The molecule has 32 heavy (non-hydrogen) atoms. The summed E-state index contributed by atoms with van der Waals surface area (Å²) in [6.07, 6.45) is 2.10. The topological polar surface area (TPSA) is 17.0 Å². The van der Waals surface area contributed by atoms with Crippen molar-refractivity contribution in [3.05, 3.63) is 89.4 Å². The minimum atomic E-state index is -0.271. The number of hydrogen-bond donors (Lipinski definition) is 0. The van der Waals surface area contributed by atoms with E-state index in [2.05, 4.69) is 62.8 Å². The molecule has 160 valence electrons. The number of hydrogen-bond acceptors (Lipinski definition) is 1. The van der Waals surface area contributed by atoms with Crippen molar-refractivity contribution >= 4 is 21.9 Å². The molecular weight excluding hydrogens is 397 g/mol. The van der Waals surface area contributed by atoms with Gasteiger partial charge in [0.05, 0.1) is 11.1 Å². The van der Waals surface area contributed by atoms with Gasteiger partial charge in [-0.3, -0.25) is 0 Å². The van der Waals surface area contributed by atoms with Gasteiger partial charge in [0.15, 0.2) is 6.20 Å². The lowest BCUT2D eigenvalue weighted by molar-refractivity contribution is -0.660. The molecule has 5 aromatic rings.